The third-order valence-corrected chi connectivity index (χ3v) is 5.08. The zero-order chi connectivity index (χ0) is 20.5. The van der Waals surface area contributed by atoms with Crippen LogP contribution < -0.4 is 14.8 Å². The second-order valence-corrected chi connectivity index (χ2v) is 7.22. The maximum Gasteiger partial charge on any atom is 0.161 e. The maximum atomic E-state index is 10.5. The van der Waals surface area contributed by atoms with Crippen LogP contribution in [-0.4, -0.2) is 24.9 Å². The van der Waals surface area contributed by atoms with E-state index in [0.717, 1.165) is 35.6 Å². The van der Waals surface area contributed by atoms with Gasteiger partial charge >= 0.3 is 0 Å². The highest BCUT2D eigenvalue weighted by Crippen LogP contribution is 2.28. The standard InChI is InChI=1S/C25H29NO3/c1-19(25(27)22-11-7-4-8-12-22)26-18-21-13-14-23(24(17-21)28-2)29-16-15-20-9-5-3-6-10-20/h3-14,17,19,25-27H,15-16,18H2,1-2H3/p+1/t19-,25-/m0/s1. The summed E-state index contributed by atoms with van der Waals surface area (Å²) in [5.41, 5.74) is 3.32. The van der Waals surface area contributed by atoms with Gasteiger partial charge in [-0.1, -0.05) is 60.7 Å². The molecule has 0 radical (unpaired) electrons. The van der Waals surface area contributed by atoms with Gasteiger partial charge in [0.25, 0.3) is 0 Å². The van der Waals surface area contributed by atoms with Crippen molar-refractivity contribution in [3.63, 3.8) is 0 Å². The number of ether oxygens (including phenoxy) is 2. The number of quaternary nitrogens is 1. The second-order valence-electron chi connectivity index (χ2n) is 7.22. The Labute approximate surface area is 173 Å². The monoisotopic (exact) mass is 392 g/mol. The highest BCUT2D eigenvalue weighted by Gasteiger charge is 2.19. The minimum Gasteiger partial charge on any atom is -0.493 e. The fourth-order valence-electron chi connectivity index (χ4n) is 3.29. The SMILES string of the molecule is COc1cc(C[NH2+][C@@H](C)[C@H](O)c2ccccc2)ccc1OCCc1ccccc1. The van der Waals surface area contributed by atoms with E-state index in [1.807, 2.05) is 67.6 Å². The summed E-state index contributed by atoms with van der Waals surface area (Å²) in [4.78, 5) is 0. The lowest BCUT2D eigenvalue weighted by Crippen LogP contribution is -2.88. The Morgan fingerprint density at radius 1 is 0.862 bits per heavy atom. The molecule has 0 amide bonds. The first-order valence-electron chi connectivity index (χ1n) is 10.1. The fourth-order valence-corrected chi connectivity index (χ4v) is 3.29. The van der Waals surface area contributed by atoms with Crippen LogP contribution in [0.4, 0.5) is 0 Å². The van der Waals surface area contributed by atoms with Crippen LogP contribution in [0.2, 0.25) is 0 Å². The summed E-state index contributed by atoms with van der Waals surface area (Å²) in [6, 6.07) is 26.1. The third kappa shape index (κ3) is 6.08. The number of hydrogen-bond acceptors (Lipinski definition) is 3. The predicted molar refractivity (Wildman–Crippen MR) is 115 cm³/mol. The van der Waals surface area contributed by atoms with E-state index in [0.29, 0.717) is 6.61 Å². The number of benzene rings is 3. The van der Waals surface area contributed by atoms with Crippen molar-refractivity contribution < 1.29 is 19.9 Å². The van der Waals surface area contributed by atoms with Gasteiger partial charge in [-0.25, -0.2) is 0 Å². The Balaban J connectivity index is 1.54. The molecule has 0 aliphatic carbocycles. The Morgan fingerprint density at radius 2 is 1.55 bits per heavy atom. The molecule has 0 aliphatic rings. The van der Waals surface area contributed by atoms with Crippen molar-refractivity contribution in [1.82, 2.24) is 0 Å². The largest absolute Gasteiger partial charge is 0.493 e. The lowest BCUT2D eigenvalue weighted by molar-refractivity contribution is -0.709. The summed E-state index contributed by atoms with van der Waals surface area (Å²) >= 11 is 0. The molecule has 152 valence electrons. The van der Waals surface area contributed by atoms with E-state index in [2.05, 4.69) is 23.5 Å². The Bertz CT molecular complexity index is 868. The van der Waals surface area contributed by atoms with E-state index in [4.69, 9.17) is 9.47 Å². The molecule has 0 aromatic heterocycles. The fraction of sp³-hybridized carbons (Fsp3) is 0.280. The van der Waals surface area contributed by atoms with E-state index in [1.165, 1.54) is 5.56 Å². The minimum atomic E-state index is -0.501. The summed E-state index contributed by atoms with van der Waals surface area (Å²) in [6.45, 7) is 3.40. The zero-order valence-electron chi connectivity index (χ0n) is 17.1. The van der Waals surface area contributed by atoms with Crippen LogP contribution in [0.25, 0.3) is 0 Å². The zero-order valence-corrected chi connectivity index (χ0v) is 17.1. The van der Waals surface area contributed by atoms with E-state index in [-0.39, 0.29) is 6.04 Å². The molecule has 0 heterocycles. The molecule has 0 saturated heterocycles. The number of rotatable bonds is 10. The molecule has 4 nitrogen and oxygen atoms in total. The first-order valence-corrected chi connectivity index (χ1v) is 10.1. The van der Waals surface area contributed by atoms with Crippen LogP contribution in [0, 0.1) is 0 Å². The maximum absolute atomic E-state index is 10.5. The number of aliphatic hydroxyl groups excluding tert-OH is 1. The van der Waals surface area contributed by atoms with Crippen molar-refractivity contribution in [3.05, 3.63) is 95.6 Å². The molecule has 3 rings (SSSR count). The second kappa shape index (κ2) is 10.6. The highest BCUT2D eigenvalue weighted by atomic mass is 16.5. The van der Waals surface area contributed by atoms with Crippen LogP contribution in [0.15, 0.2) is 78.9 Å². The average molecular weight is 393 g/mol. The summed E-state index contributed by atoms with van der Waals surface area (Å²) in [7, 11) is 1.66. The molecule has 0 aliphatic heterocycles. The topological polar surface area (TPSA) is 55.3 Å². The molecule has 0 saturated carbocycles. The van der Waals surface area contributed by atoms with Gasteiger partial charge in [0.2, 0.25) is 0 Å². The van der Waals surface area contributed by atoms with Gasteiger partial charge < -0.3 is 19.9 Å². The normalized spacial score (nSPS) is 12.9. The number of methoxy groups -OCH3 is 1. The van der Waals surface area contributed by atoms with Gasteiger partial charge in [0.05, 0.1) is 13.7 Å². The van der Waals surface area contributed by atoms with Crippen LogP contribution in [0.5, 0.6) is 11.5 Å². The minimum absolute atomic E-state index is 0.0465. The van der Waals surface area contributed by atoms with E-state index in [1.54, 1.807) is 7.11 Å². The molecule has 3 aromatic rings. The van der Waals surface area contributed by atoms with Gasteiger partial charge in [0.1, 0.15) is 18.7 Å². The van der Waals surface area contributed by atoms with Gasteiger partial charge in [-0.3, -0.25) is 0 Å². The first-order chi connectivity index (χ1) is 14.2. The lowest BCUT2D eigenvalue weighted by atomic mass is 10.0. The van der Waals surface area contributed by atoms with Crippen molar-refractivity contribution in [2.45, 2.75) is 32.0 Å². The molecule has 0 unspecified atom stereocenters. The lowest BCUT2D eigenvalue weighted by Gasteiger charge is -2.18. The van der Waals surface area contributed by atoms with Crippen molar-refractivity contribution in [1.29, 1.82) is 0 Å². The van der Waals surface area contributed by atoms with Crippen molar-refractivity contribution in [2.75, 3.05) is 13.7 Å². The van der Waals surface area contributed by atoms with Gasteiger partial charge in [0, 0.05) is 12.0 Å². The molecule has 29 heavy (non-hydrogen) atoms. The van der Waals surface area contributed by atoms with Gasteiger partial charge in [-0.15, -0.1) is 0 Å². The molecule has 3 aromatic carbocycles. The summed E-state index contributed by atoms with van der Waals surface area (Å²) in [5, 5.41) is 12.7. The van der Waals surface area contributed by atoms with Gasteiger partial charge in [0.15, 0.2) is 11.5 Å². The molecule has 0 fully saturated rings. The van der Waals surface area contributed by atoms with Crippen molar-refractivity contribution in [3.8, 4) is 11.5 Å². The first kappa shape index (κ1) is 20.9. The van der Waals surface area contributed by atoms with Crippen LogP contribution in [0.1, 0.15) is 29.7 Å². The van der Waals surface area contributed by atoms with Crippen molar-refractivity contribution >= 4 is 0 Å². The van der Waals surface area contributed by atoms with Crippen LogP contribution >= 0.6 is 0 Å². The molecule has 3 N–H and O–H groups in total. The average Bonchev–Trinajstić information content (AvgIpc) is 2.78. The number of aliphatic hydroxyl groups is 1. The molecule has 0 spiro atoms. The Morgan fingerprint density at radius 3 is 2.24 bits per heavy atom. The number of hydrogen-bond donors (Lipinski definition) is 2. The van der Waals surface area contributed by atoms with E-state index in [9.17, 15) is 5.11 Å². The number of nitrogens with two attached hydrogens (primary N) is 1. The van der Waals surface area contributed by atoms with E-state index >= 15 is 0 Å². The third-order valence-electron chi connectivity index (χ3n) is 5.08. The molecular weight excluding hydrogens is 362 g/mol. The summed E-state index contributed by atoms with van der Waals surface area (Å²) < 4.78 is 11.5. The van der Waals surface area contributed by atoms with Gasteiger partial charge in [-0.2, -0.15) is 0 Å². The molecule has 4 heteroatoms. The molecule has 0 bridgehead atoms. The van der Waals surface area contributed by atoms with Crippen LogP contribution in [0.3, 0.4) is 0 Å². The Kier molecular flexibility index (Phi) is 7.68. The molecule has 2 atom stereocenters. The van der Waals surface area contributed by atoms with E-state index < -0.39 is 6.10 Å². The molecular formula is C25H30NO3+. The summed E-state index contributed by atoms with van der Waals surface area (Å²) in [6.07, 6.45) is 0.354. The smallest absolute Gasteiger partial charge is 0.161 e. The quantitative estimate of drug-likeness (QED) is 0.555. The Hall–Kier alpha value is -2.82. The van der Waals surface area contributed by atoms with Gasteiger partial charge in [-0.05, 0) is 36.2 Å². The van der Waals surface area contributed by atoms with Crippen molar-refractivity contribution in [2.24, 2.45) is 0 Å². The highest BCUT2D eigenvalue weighted by molar-refractivity contribution is 5.42. The predicted octanol–water partition coefficient (Wildman–Crippen LogP) is 3.50. The summed E-state index contributed by atoms with van der Waals surface area (Å²) in [5.74, 6) is 1.49. The van der Waals surface area contributed by atoms with Crippen LogP contribution in [-0.2, 0) is 13.0 Å².